The van der Waals surface area contributed by atoms with Crippen molar-refractivity contribution >= 4 is 5.91 Å². The smallest absolute Gasteiger partial charge is 0.234 e. The first-order chi connectivity index (χ1) is 7.26. The molecule has 86 valence electrons. The topological polar surface area (TPSA) is 41.6 Å². The van der Waals surface area contributed by atoms with E-state index < -0.39 is 0 Å². The third kappa shape index (κ3) is 4.44. The van der Waals surface area contributed by atoms with Crippen LogP contribution in [-0.4, -0.2) is 49.7 Å². The molecule has 0 aromatic heterocycles. The van der Waals surface area contributed by atoms with Gasteiger partial charge in [-0.05, 0) is 6.42 Å². The van der Waals surface area contributed by atoms with Crippen molar-refractivity contribution in [1.29, 1.82) is 0 Å². The molecule has 1 fully saturated rings. The normalized spacial score (nSPS) is 22.3. The van der Waals surface area contributed by atoms with Crippen LogP contribution in [0.5, 0.6) is 0 Å². The zero-order valence-electron chi connectivity index (χ0n) is 9.37. The molecule has 0 radical (unpaired) electrons. The van der Waals surface area contributed by atoms with Gasteiger partial charge in [-0.15, -0.1) is 6.58 Å². The summed E-state index contributed by atoms with van der Waals surface area (Å²) >= 11 is 0. The Balaban J connectivity index is 2.24. The van der Waals surface area contributed by atoms with Crippen LogP contribution in [0.4, 0.5) is 0 Å². The van der Waals surface area contributed by atoms with E-state index in [-0.39, 0.29) is 12.0 Å². The van der Waals surface area contributed by atoms with Crippen LogP contribution in [0.3, 0.4) is 0 Å². The molecule has 1 N–H and O–H groups in total. The summed E-state index contributed by atoms with van der Waals surface area (Å²) in [5.74, 6) is 0.0617. The van der Waals surface area contributed by atoms with Crippen molar-refractivity contribution < 1.29 is 9.53 Å². The summed E-state index contributed by atoms with van der Waals surface area (Å²) in [6, 6.07) is 0. The second-order valence-corrected chi connectivity index (χ2v) is 3.73. The van der Waals surface area contributed by atoms with Crippen molar-refractivity contribution in [3.63, 3.8) is 0 Å². The maximum absolute atomic E-state index is 11.4. The number of morpholine rings is 1. The highest BCUT2D eigenvalue weighted by atomic mass is 16.5. The van der Waals surface area contributed by atoms with Gasteiger partial charge < -0.3 is 10.1 Å². The van der Waals surface area contributed by atoms with E-state index in [1.165, 1.54) is 0 Å². The fraction of sp³-hybridized carbons (Fsp3) is 0.727. The number of carbonyl (C=O) groups excluding carboxylic acids is 1. The summed E-state index contributed by atoms with van der Waals surface area (Å²) in [5.41, 5.74) is 0. The van der Waals surface area contributed by atoms with E-state index in [2.05, 4.69) is 23.7 Å². The minimum Gasteiger partial charge on any atom is -0.376 e. The fourth-order valence-corrected chi connectivity index (χ4v) is 1.62. The van der Waals surface area contributed by atoms with E-state index in [1.807, 2.05) is 0 Å². The Bertz CT molecular complexity index is 219. The Kier molecular flexibility index (Phi) is 5.36. The monoisotopic (exact) mass is 212 g/mol. The van der Waals surface area contributed by atoms with Crippen molar-refractivity contribution in [2.24, 2.45) is 0 Å². The Morgan fingerprint density at radius 3 is 3.20 bits per heavy atom. The molecule has 1 atom stereocenters. The Morgan fingerprint density at radius 1 is 1.73 bits per heavy atom. The summed E-state index contributed by atoms with van der Waals surface area (Å²) in [5, 5.41) is 2.77. The molecule has 1 amide bonds. The molecule has 1 rings (SSSR count). The molecule has 1 aliphatic heterocycles. The highest BCUT2D eigenvalue weighted by molar-refractivity contribution is 5.78. The van der Waals surface area contributed by atoms with Crippen LogP contribution in [-0.2, 0) is 9.53 Å². The van der Waals surface area contributed by atoms with Crippen LogP contribution in [0.1, 0.15) is 13.3 Å². The van der Waals surface area contributed by atoms with Crippen LogP contribution in [0.2, 0.25) is 0 Å². The molecule has 0 aromatic carbocycles. The van der Waals surface area contributed by atoms with Crippen LogP contribution in [0.15, 0.2) is 12.7 Å². The van der Waals surface area contributed by atoms with Gasteiger partial charge in [0.2, 0.25) is 5.91 Å². The molecular formula is C11H20N2O2. The molecule has 4 heteroatoms. The molecular weight excluding hydrogens is 192 g/mol. The predicted octanol–water partition coefficient (Wildman–Crippen LogP) is 0.399. The predicted molar refractivity (Wildman–Crippen MR) is 59.7 cm³/mol. The van der Waals surface area contributed by atoms with Gasteiger partial charge in [-0.2, -0.15) is 0 Å². The quantitative estimate of drug-likeness (QED) is 0.671. The number of hydrogen-bond donors (Lipinski definition) is 1. The van der Waals surface area contributed by atoms with Crippen LogP contribution < -0.4 is 5.32 Å². The minimum atomic E-state index is 0.0617. The summed E-state index contributed by atoms with van der Waals surface area (Å²) in [6.07, 6.45) is 2.97. The van der Waals surface area contributed by atoms with Crippen molar-refractivity contribution in [2.45, 2.75) is 19.4 Å². The van der Waals surface area contributed by atoms with Gasteiger partial charge in [0.1, 0.15) is 0 Å². The van der Waals surface area contributed by atoms with Gasteiger partial charge in [0.05, 0.1) is 19.3 Å². The molecule has 0 spiro atoms. The van der Waals surface area contributed by atoms with Crippen molar-refractivity contribution in [3.05, 3.63) is 12.7 Å². The second-order valence-electron chi connectivity index (χ2n) is 3.73. The molecule has 0 aliphatic carbocycles. The zero-order valence-corrected chi connectivity index (χ0v) is 9.37. The van der Waals surface area contributed by atoms with Crippen molar-refractivity contribution in [3.8, 4) is 0 Å². The first kappa shape index (κ1) is 12.2. The van der Waals surface area contributed by atoms with E-state index in [0.29, 0.717) is 13.1 Å². The highest BCUT2D eigenvalue weighted by Crippen LogP contribution is 2.07. The maximum atomic E-state index is 11.4. The van der Waals surface area contributed by atoms with Gasteiger partial charge in [0.25, 0.3) is 0 Å². The number of ether oxygens (including phenoxy) is 1. The molecule has 1 aliphatic rings. The fourth-order valence-electron chi connectivity index (χ4n) is 1.62. The van der Waals surface area contributed by atoms with E-state index in [0.717, 1.165) is 26.1 Å². The van der Waals surface area contributed by atoms with Crippen molar-refractivity contribution in [1.82, 2.24) is 10.2 Å². The zero-order chi connectivity index (χ0) is 11.1. The molecule has 0 bridgehead atoms. The first-order valence-electron chi connectivity index (χ1n) is 5.47. The lowest BCUT2D eigenvalue weighted by molar-refractivity contribution is -0.124. The summed E-state index contributed by atoms with van der Waals surface area (Å²) < 4.78 is 5.53. The molecule has 0 unspecified atom stereocenters. The highest BCUT2D eigenvalue weighted by Gasteiger charge is 2.20. The summed E-state index contributed by atoms with van der Waals surface area (Å²) in [4.78, 5) is 13.6. The van der Waals surface area contributed by atoms with Gasteiger partial charge >= 0.3 is 0 Å². The largest absolute Gasteiger partial charge is 0.376 e. The van der Waals surface area contributed by atoms with Crippen LogP contribution >= 0.6 is 0 Å². The van der Waals surface area contributed by atoms with E-state index in [4.69, 9.17) is 4.74 Å². The lowest BCUT2D eigenvalue weighted by atomic mass is 10.2. The second kappa shape index (κ2) is 6.58. The number of hydrogen-bond acceptors (Lipinski definition) is 3. The minimum absolute atomic E-state index is 0.0617. The molecule has 1 saturated heterocycles. The molecule has 15 heavy (non-hydrogen) atoms. The number of nitrogens with zero attached hydrogens (tertiary/aromatic N) is 1. The molecule has 0 saturated carbocycles. The van der Waals surface area contributed by atoms with Gasteiger partial charge in [-0.3, -0.25) is 9.69 Å². The number of nitrogens with one attached hydrogen (secondary N) is 1. The Morgan fingerprint density at radius 2 is 2.53 bits per heavy atom. The molecule has 4 nitrogen and oxygen atoms in total. The van der Waals surface area contributed by atoms with Crippen LogP contribution in [0.25, 0.3) is 0 Å². The van der Waals surface area contributed by atoms with E-state index >= 15 is 0 Å². The van der Waals surface area contributed by atoms with Gasteiger partial charge in [0.15, 0.2) is 0 Å². The average molecular weight is 212 g/mol. The van der Waals surface area contributed by atoms with Crippen LogP contribution in [0, 0.1) is 0 Å². The maximum Gasteiger partial charge on any atom is 0.234 e. The number of amides is 1. The Hall–Kier alpha value is -0.870. The standard InChI is InChI=1S/C11H20N2O2/c1-3-5-12-11(14)9-13-6-7-15-10(4-2)8-13/h3,10H,1,4-9H2,2H3,(H,12,14)/t10-/m0/s1. The summed E-state index contributed by atoms with van der Waals surface area (Å²) in [7, 11) is 0. The molecule has 1 heterocycles. The van der Waals surface area contributed by atoms with E-state index in [1.54, 1.807) is 6.08 Å². The van der Waals surface area contributed by atoms with Gasteiger partial charge in [-0.25, -0.2) is 0 Å². The van der Waals surface area contributed by atoms with Gasteiger partial charge in [0, 0.05) is 19.6 Å². The Labute approximate surface area is 91.3 Å². The average Bonchev–Trinajstić information content (AvgIpc) is 2.26. The summed E-state index contributed by atoms with van der Waals surface area (Å²) in [6.45, 7) is 9.10. The SMILES string of the molecule is C=CCNC(=O)CN1CCO[C@@H](CC)C1. The first-order valence-corrected chi connectivity index (χ1v) is 5.47. The lowest BCUT2D eigenvalue weighted by Gasteiger charge is -2.31. The lowest BCUT2D eigenvalue weighted by Crippen LogP contribution is -2.46. The third-order valence-electron chi connectivity index (χ3n) is 2.49. The molecule has 0 aromatic rings. The van der Waals surface area contributed by atoms with E-state index in [9.17, 15) is 4.79 Å². The number of carbonyl (C=O) groups is 1. The van der Waals surface area contributed by atoms with Crippen molar-refractivity contribution in [2.75, 3.05) is 32.8 Å². The van der Waals surface area contributed by atoms with Gasteiger partial charge in [-0.1, -0.05) is 13.0 Å². The number of rotatable bonds is 5. The third-order valence-corrected chi connectivity index (χ3v) is 2.49.